The van der Waals surface area contributed by atoms with Crippen molar-refractivity contribution in [1.82, 2.24) is 0 Å². The number of hydrogen-bond donors (Lipinski definition) is 3. The summed E-state index contributed by atoms with van der Waals surface area (Å²) in [5.74, 6) is -0.295. The monoisotopic (exact) mass is 343 g/mol. The van der Waals surface area contributed by atoms with E-state index in [9.17, 15) is 9.18 Å². The smallest absolute Gasteiger partial charge is 0.230 e. The summed E-state index contributed by atoms with van der Waals surface area (Å²) in [7, 11) is 0. The molecule has 0 atom stereocenters. The van der Waals surface area contributed by atoms with Gasteiger partial charge in [-0.25, -0.2) is 4.39 Å². The van der Waals surface area contributed by atoms with E-state index in [1.165, 1.54) is 22.6 Å². The van der Waals surface area contributed by atoms with E-state index >= 15 is 0 Å². The Hall–Kier alpha value is -2.24. The van der Waals surface area contributed by atoms with Crippen molar-refractivity contribution in [2.24, 2.45) is 0 Å². The Morgan fingerprint density at radius 2 is 1.56 bits per heavy atom. The van der Waals surface area contributed by atoms with Crippen LogP contribution in [0.3, 0.4) is 0 Å². The van der Waals surface area contributed by atoms with Gasteiger partial charge in [0.05, 0.1) is 13.0 Å². The highest BCUT2D eigenvalue weighted by atomic mass is 19.1. The maximum atomic E-state index is 12.9. The average Bonchev–Trinajstić information content (AvgIpc) is 2.64. The summed E-state index contributed by atoms with van der Waals surface area (Å²) >= 11 is 0. The minimum Gasteiger partial charge on any atom is -0.326 e. The maximum Gasteiger partial charge on any atom is 0.230 e. The van der Waals surface area contributed by atoms with Crippen LogP contribution < -0.4 is 15.1 Å². The van der Waals surface area contributed by atoms with Gasteiger partial charge >= 0.3 is 0 Å². The van der Waals surface area contributed by atoms with Crippen LogP contribution in [0.25, 0.3) is 0 Å². The van der Waals surface area contributed by atoms with E-state index in [1.54, 1.807) is 17.0 Å². The van der Waals surface area contributed by atoms with Crippen molar-refractivity contribution in [2.45, 2.75) is 13.0 Å². The fourth-order valence-electron chi connectivity index (χ4n) is 3.32. The zero-order valence-corrected chi connectivity index (χ0v) is 14.4. The van der Waals surface area contributed by atoms with Crippen LogP contribution in [0, 0.1) is 5.82 Å². The third-order valence-electron chi connectivity index (χ3n) is 4.79. The molecule has 132 valence electrons. The summed E-state index contributed by atoms with van der Waals surface area (Å²) in [5.41, 5.74) is 2.04. The molecule has 0 aliphatic carbocycles. The Labute approximate surface area is 148 Å². The number of quaternary nitrogens is 2. The molecule has 1 heterocycles. The van der Waals surface area contributed by atoms with Crippen molar-refractivity contribution in [2.75, 3.05) is 38.0 Å². The number of piperazine rings is 1. The molecule has 1 saturated heterocycles. The second kappa shape index (κ2) is 8.74. The molecule has 0 spiro atoms. The summed E-state index contributed by atoms with van der Waals surface area (Å²) < 4.78 is 12.9. The van der Waals surface area contributed by atoms with E-state index in [0.29, 0.717) is 12.1 Å². The first-order valence-corrected chi connectivity index (χ1v) is 8.95. The Morgan fingerprint density at radius 3 is 2.24 bits per heavy atom. The predicted octanol–water partition coefficient (Wildman–Crippen LogP) is 0.138. The molecule has 3 N–H and O–H groups in total. The van der Waals surface area contributed by atoms with E-state index in [4.69, 9.17) is 0 Å². The molecule has 1 aliphatic rings. The molecule has 25 heavy (non-hydrogen) atoms. The van der Waals surface area contributed by atoms with Crippen molar-refractivity contribution >= 4 is 11.6 Å². The number of rotatable bonds is 6. The maximum absolute atomic E-state index is 12.9. The average molecular weight is 343 g/mol. The lowest BCUT2D eigenvalue weighted by atomic mass is 10.2. The van der Waals surface area contributed by atoms with E-state index in [2.05, 4.69) is 35.6 Å². The van der Waals surface area contributed by atoms with Gasteiger partial charge in [0.15, 0.2) is 0 Å². The lowest BCUT2D eigenvalue weighted by Gasteiger charge is -2.29. The van der Waals surface area contributed by atoms with Crippen LogP contribution in [0.15, 0.2) is 54.6 Å². The minimum atomic E-state index is -0.293. The number of halogens is 1. The number of benzene rings is 2. The van der Waals surface area contributed by atoms with Gasteiger partial charge in [-0.15, -0.1) is 0 Å². The first kappa shape index (κ1) is 17.6. The van der Waals surface area contributed by atoms with Gasteiger partial charge in [-0.1, -0.05) is 30.3 Å². The first-order valence-electron chi connectivity index (χ1n) is 8.95. The summed E-state index contributed by atoms with van der Waals surface area (Å²) in [5, 5.41) is 2.83. The van der Waals surface area contributed by atoms with Crippen LogP contribution in [0.1, 0.15) is 12.0 Å². The summed E-state index contributed by atoms with van der Waals surface area (Å²) in [6.45, 7) is 6.43. The molecule has 0 unspecified atom stereocenters. The number of nitrogens with one attached hydrogen (secondary N) is 3. The van der Waals surface area contributed by atoms with Crippen molar-refractivity contribution in [3.05, 3.63) is 66.0 Å². The van der Waals surface area contributed by atoms with E-state index in [-0.39, 0.29) is 11.7 Å². The zero-order valence-electron chi connectivity index (χ0n) is 14.4. The normalized spacial score (nSPS) is 20.2. The van der Waals surface area contributed by atoms with Crippen LogP contribution in [0.5, 0.6) is 0 Å². The topological polar surface area (TPSA) is 38.0 Å². The van der Waals surface area contributed by atoms with E-state index in [1.807, 2.05) is 0 Å². The molecule has 1 aliphatic heterocycles. The van der Waals surface area contributed by atoms with Gasteiger partial charge < -0.3 is 15.1 Å². The highest BCUT2D eigenvalue weighted by Gasteiger charge is 2.23. The Kier molecular flexibility index (Phi) is 6.14. The van der Waals surface area contributed by atoms with Gasteiger partial charge in [-0.05, 0) is 24.3 Å². The second-order valence-corrected chi connectivity index (χ2v) is 6.72. The third kappa shape index (κ3) is 5.66. The van der Waals surface area contributed by atoms with E-state index < -0.39 is 0 Å². The van der Waals surface area contributed by atoms with E-state index in [0.717, 1.165) is 39.3 Å². The molecule has 0 radical (unpaired) electrons. The number of hydrogen-bond acceptors (Lipinski definition) is 1. The van der Waals surface area contributed by atoms with Crippen LogP contribution in [0.4, 0.5) is 10.1 Å². The highest BCUT2D eigenvalue weighted by Crippen LogP contribution is 2.08. The summed E-state index contributed by atoms with van der Waals surface area (Å²) in [4.78, 5) is 15.1. The molecule has 1 amide bonds. The van der Waals surface area contributed by atoms with Crippen LogP contribution in [-0.4, -0.2) is 38.6 Å². The van der Waals surface area contributed by atoms with Crippen molar-refractivity contribution in [1.29, 1.82) is 0 Å². The lowest BCUT2D eigenvalue weighted by Crippen LogP contribution is -3.27. The SMILES string of the molecule is O=C(CC[NH+]1CC[NH+](Cc2ccccc2)CC1)Nc1ccc(F)cc1. The third-order valence-corrected chi connectivity index (χ3v) is 4.79. The molecular formula is C20H26FN3O+2. The van der Waals surface area contributed by atoms with Crippen molar-refractivity contribution in [3.63, 3.8) is 0 Å². The second-order valence-electron chi connectivity index (χ2n) is 6.72. The van der Waals surface area contributed by atoms with Crippen LogP contribution >= 0.6 is 0 Å². The summed E-state index contributed by atoms with van der Waals surface area (Å²) in [6, 6.07) is 16.5. The largest absolute Gasteiger partial charge is 0.326 e. The fraction of sp³-hybridized carbons (Fsp3) is 0.350. The number of carbonyl (C=O) groups is 1. The van der Waals surface area contributed by atoms with Gasteiger partial charge in [0.1, 0.15) is 38.5 Å². The summed E-state index contributed by atoms with van der Waals surface area (Å²) in [6.07, 6.45) is 0.501. The standard InChI is InChI=1S/C20H24FN3O/c21-18-6-8-19(9-7-18)22-20(25)10-11-23-12-14-24(15-13-23)16-17-4-2-1-3-5-17/h1-9H,10-16H2,(H,22,25)/p+2. The number of amides is 1. The van der Waals surface area contributed by atoms with Gasteiger partial charge in [0, 0.05) is 11.3 Å². The van der Waals surface area contributed by atoms with Crippen molar-refractivity contribution in [3.8, 4) is 0 Å². The molecule has 4 nitrogen and oxygen atoms in total. The Morgan fingerprint density at radius 1 is 0.920 bits per heavy atom. The number of anilines is 1. The van der Waals surface area contributed by atoms with Gasteiger partial charge in [0.2, 0.25) is 5.91 Å². The molecule has 5 heteroatoms. The zero-order chi connectivity index (χ0) is 17.5. The first-order chi connectivity index (χ1) is 12.2. The van der Waals surface area contributed by atoms with Crippen LogP contribution in [-0.2, 0) is 11.3 Å². The Balaban J connectivity index is 1.36. The van der Waals surface area contributed by atoms with Crippen LogP contribution in [0.2, 0.25) is 0 Å². The molecule has 3 rings (SSSR count). The lowest BCUT2D eigenvalue weighted by molar-refractivity contribution is -1.02. The molecular weight excluding hydrogens is 317 g/mol. The minimum absolute atomic E-state index is 0.00169. The molecule has 1 fully saturated rings. The molecule has 2 aromatic rings. The van der Waals surface area contributed by atoms with Gasteiger partial charge in [-0.3, -0.25) is 4.79 Å². The molecule has 0 aromatic heterocycles. The van der Waals surface area contributed by atoms with Gasteiger partial charge in [-0.2, -0.15) is 0 Å². The molecule has 2 aromatic carbocycles. The molecule has 0 bridgehead atoms. The van der Waals surface area contributed by atoms with Crippen molar-refractivity contribution < 1.29 is 19.0 Å². The van der Waals surface area contributed by atoms with Gasteiger partial charge in [0.25, 0.3) is 0 Å². The fourth-order valence-corrected chi connectivity index (χ4v) is 3.32. The highest BCUT2D eigenvalue weighted by molar-refractivity contribution is 5.90. The predicted molar refractivity (Wildman–Crippen MR) is 96.1 cm³/mol. The number of carbonyl (C=O) groups excluding carboxylic acids is 1. The quantitative estimate of drug-likeness (QED) is 0.686. The molecule has 0 saturated carbocycles. The Bertz CT molecular complexity index is 667.